The molecule has 8 nitrogen and oxygen atoms in total. The van der Waals surface area contributed by atoms with Crippen LogP contribution in [0.1, 0.15) is 12.7 Å². The number of benzene rings is 2. The minimum absolute atomic E-state index is 0.0515. The van der Waals surface area contributed by atoms with Crippen molar-refractivity contribution in [1.29, 1.82) is 0 Å². The fourth-order valence-corrected chi connectivity index (χ4v) is 3.97. The molecule has 0 radical (unpaired) electrons. The zero-order chi connectivity index (χ0) is 23.1. The van der Waals surface area contributed by atoms with Crippen LogP contribution in [0.2, 0.25) is 10.0 Å². The van der Waals surface area contributed by atoms with Crippen LogP contribution in [-0.2, 0) is 22.6 Å². The van der Waals surface area contributed by atoms with E-state index in [0.29, 0.717) is 44.7 Å². The topological polar surface area (TPSA) is 98.1 Å². The minimum Gasteiger partial charge on any atom is -0.495 e. The maximum Gasteiger partial charge on any atom is 0.234 e. The first-order valence-corrected chi connectivity index (χ1v) is 11.4. The molecule has 0 aliphatic carbocycles. The molecule has 1 aromatic heterocycles. The molecule has 0 bridgehead atoms. The van der Waals surface area contributed by atoms with Crippen LogP contribution in [0.3, 0.4) is 0 Å². The third-order valence-corrected chi connectivity index (χ3v) is 5.78. The summed E-state index contributed by atoms with van der Waals surface area (Å²) in [5.41, 5.74) is 1.13. The van der Waals surface area contributed by atoms with E-state index in [1.807, 2.05) is 6.92 Å². The van der Waals surface area contributed by atoms with Gasteiger partial charge in [0.1, 0.15) is 11.6 Å². The van der Waals surface area contributed by atoms with Gasteiger partial charge in [-0.15, -0.1) is 10.2 Å². The van der Waals surface area contributed by atoms with Crippen LogP contribution >= 0.6 is 35.0 Å². The largest absolute Gasteiger partial charge is 0.495 e. The summed E-state index contributed by atoms with van der Waals surface area (Å²) in [6.07, 6.45) is 0.0515. The van der Waals surface area contributed by atoms with E-state index < -0.39 is 0 Å². The molecule has 0 saturated carbocycles. The van der Waals surface area contributed by atoms with Gasteiger partial charge in [0.2, 0.25) is 11.8 Å². The standard InChI is InChI=1S/C21H21Cl2N5O3S/c1-3-28-18(11-19(29)24-15-7-4-13(22)5-8-15)26-27-21(28)32-12-20(30)25-16-10-14(23)6-9-17(16)31-2/h4-10H,3,11-12H2,1-2H3,(H,24,29)(H,25,30). The number of methoxy groups -OCH3 is 1. The Morgan fingerprint density at radius 2 is 1.75 bits per heavy atom. The van der Waals surface area contributed by atoms with E-state index in [0.717, 1.165) is 0 Å². The van der Waals surface area contributed by atoms with E-state index in [4.69, 9.17) is 27.9 Å². The first-order valence-electron chi connectivity index (χ1n) is 9.63. The molecule has 2 aromatic carbocycles. The fourth-order valence-electron chi connectivity index (χ4n) is 2.85. The van der Waals surface area contributed by atoms with Crippen LogP contribution in [-0.4, -0.2) is 39.4 Å². The third-order valence-electron chi connectivity index (χ3n) is 4.32. The molecule has 0 saturated heterocycles. The maximum atomic E-state index is 12.4. The van der Waals surface area contributed by atoms with Crippen molar-refractivity contribution in [1.82, 2.24) is 14.8 Å². The van der Waals surface area contributed by atoms with Gasteiger partial charge in [-0.25, -0.2) is 0 Å². The van der Waals surface area contributed by atoms with Gasteiger partial charge >= 0.3 is 0 Å². The Morgan fingerprint density at radius 1 is 1.03 bits per heavy atom. The molecule has 3 rings (SSSR count). The fraction of sp³-hybridized carbons (Fsp3) is 0.238. The van der Waals surface area contributed by atoms with Gasteiger partial charge in [0.15, 0.2) is 5.16 Å². The Balaban J connectivity index is 1.59. The molecule has 3 aromatic rings. The van der Waals surface area contributed by atoms with Crippen molar-refractivity contribution in [3.8, 4) is 5.75 Å². The van der Waals surface area contributed by atoms with Crippen LogP contribution < -0.4 is 15.4 Å². The van der Waals surface area contributed by atoms with Crippen molar-refractivity contribution in [2.75, 3.05) is 23.5 Å². The van der Waals surface area contributed by atoms with Crippen LogP contribution in [0.25, 0.3) is 0 Å². The Hall–Kier alpha value is -2.75. The number of hydrogen-bond donors (Lipinski definition) is 2. The number of nitrogens with one attached hydrogen (secondary N) is 2. The van der Waals surface area contributed by atoms with Gasteiger partial charge in [-0.3, -0.25) is 9.59 Å². The Kier molecular flexibility index (Phi) is 8.38. The number of aromatic nitrogens is 3. The minimum atomic E-state index is -0.247. The molecule has 2 amide bonds. The van der Waals surface area contributed by atoms with Crippen molar-refractivity contribution < 1.29 is 14.3 Å². The monoisotopic (exact) mass is 493 g/mol. The lowest BCUT2D eigenvalue weighted by Gasteiger charge is -2.11. The number of halogens is 2. The highest BCUT2D eigenvalue weighted by Crippen LogP contribution is 2.28. The molecule has 0 atom stereocenters. The van der Waals surface area contributed by atoms with E-state index >= 15 is 0 Å². The van der Waals surface area contributed by atoms with Crippen LogP contribution in [0.4, 0.5) is 11.4 Å². The summed E-state index contributed by atoms with van der Waals surface area (Å²) in [6.45, 7) is 2.48. The molecule has 11 heteroatoms. The van der Waals surface area contributed by atoms with Crippen LogP contribution in [0.15, 0.2) is 47.6 Å². The molecule has 0 aliphatic rings. The number of carbonyl (C=O) groups excluding carboxylic acids is 2. The highest BCUT2D eigenvalue weighted by Gasteiger charge is 2.17. The van der Waals surface area contributed by atoms with E-state index in [9.17, 15) is 9.59 Å². The molecule has 0 fully saturated rings. The second-order valence-corrected chi connectivity index (χ2v) is 8.37. The average Bonchev–Trinajstić information content (AvgIpc) is 3.15. The number of nitrogens with zero attached hydrogens (tertiary/aromatic N) is 3. The summed E-state index contributed by atoms with van der Waals surface area (Å²) < 4.78 is 7.04. The smallest absolute Gasteiger partial charge is 0.234 e. The van der Waals surface area contributed by atoms with Gasteiger partial charge in [0, 0.05) is 22.3 Å². The lowest BCUT2D eigenvalue weighted by atomic mass is 10.3. The second-order valence-electron chi connectivity index (χ2n) is 6.56. The van der Waals surface area contributed by atoms with E-state index in [1.54, 1.807) is 47.0 Å². The highest BCUT2D eigenvalue weighted by molar-refractivity contribution is 7.99. The predicted molar refractivity (Wildman–Crippen MR) is 127 cm³/mol. The van der Waals surface area contributed by atoms with Crippen molar-refractivity contribution in [3.63, 3.8) is 0 Å². The normalized spacial score (nSPS) is 10.6. The average molecular weight is 494 g/mol. The maximum absolute atomic E-state index is 12.4. The molecular formula is C21H21Cl2N5O3S. The molecule has 0 unspecified atom stereocenters. The Morgan fingerprint density at radius 3 is 2.44 bits per heavy atom. The summed E-state index contributed by atoms with van der Waals surface area (Å²) in [4.78, 5) is 24.8. The zero-order valence-electron chi connectivity index (χ0n) is 17.4. The predicted octanol–water partition coefficient (Wildman–Crippen LogP) is 4.53. The van der Waals surface area contributed by atoms with Gasteiger partial charge in [-0.05, 0) is 49.4 Å². The number of ether oxygens (including phenoxy) is 1. The summed E-state index contributed by atoms with van der Waals surface area (Å²) in [5.74, 6) is 0.655. The summed E-state index contributed by atoms with van der Waals surface area (Å²) in [7, 11) is 1.52. The third kappa shape index (κ3) is 6.38. The number of carbonyl (C=O) groups is 2. The van der Waals surface area contributed by atoms with Gasteiger partial charge in [-0.1, -0.05) is 35.0 Å². The summed E-state index contributed by atoms with van der Waals surface area (Å²) >= 11 is 13.1. The van der Waals surface area contributed by atoms with Gasteiger partial charge < -0.3 is 19.9 Å². The lowest BCUT2D eigenvalue weighted by molar-refractivity contribution is -0.116. The molecule has 32 heavy (non-hydrogen) atoms. The summed E-state index contributed by atoms with van der Waals surface area (Å²) in [5, 5.41) is 15.5. The quantitative estimate of drug-likeness (QED) is 0.425. The van der Waals surface area contributed by atoms with E-state index in [2.05, 4.69) is 20.8 Å². The van der Waals surface area contributed by atoms with Crippen molar-refractivity contribution >= 4 is 58.2 Å². The van der Waals surface area contributed by atoms with Crippen LogP contribution in [0.5, 0.6) is 5.75 Å². The second kappa shape index (κ2) is 11.2. The van der Waals surface area contributed by atoms with Gasteiger partial charge in [0.05, 0.1) is 25.0 Å². The zero-order valence-corrected chi connectivity index (χ0v) is 19.7. The molecule has 1 heterocycles. The van der Waals surface area contributed by atoms with E-state index in [-0.39, 0.29) is 24.0 Å². The summed E-state index contributed by atoms with van der Waals surface area (Å²) in [6, 6.07) is 11.8. The number of anilines is 2. The molecule has 2 N–H and O–H groups in total. The molecule has 0 aliphatic heterocycles. The Bertz CT molecular complexity index is 1110. The number of rotatable bonds is 9. The Labute approximate surface area is 199 Å². The number of thioether (sulfide) groups is 1. The number of amides is 2. The van der Waals surface area contributed by atoms with Gasteiger partial charge in [0.25, 0.3) is 0 Å². The van der Waals surface area contributed by atoms with Crippen molar-refractivity contribution in [2.45, 2.75) is 25.0 Å². The van der Waals surface area contributed by atoms with Crippen LogP contribution in [0, 0.1) is 0 Å². The molecule has 168 valence electrons. The number of hydrogen-bond acceptors (Lipinski definition) is 6. The first kappa shape index (κ1) is 23.9. The van der Waals surface area contributed by atoms with E-state index in [1.165, 1.54) is 18.9 Å². The SMILES string of the molecule is CCn1c(CC(=O)Nc2ccc(Cl)cc2)nnc1SCC(=O)Nc1cc(Cl)ccc1OC. The highest BCUT2D eigenvalue weighted by atomic mass is 35.5. The molecular weight excluding hydrogens is 473 g/mol. The molecule has 0 spiro atoms. The lowest BCUT2D eigenvalue weighted by Crippen LogP contribution is -2.18. The van der Waals surface area contributed by atoms with Gasteiger partial charge in [-0.2, -0.15) is 0 Å². The van der Waals surface area contributed by atoms with Crippen molar-refractivity contribution in [2.24, 2.45) is 0 Å². The first-order chi connectivity index (χ1) is 15.4. The van der Waals surface area contributed by atoms with Crippen molar-refractivity contribution in [3.05, 3.63) is 58.3 Å².